The molecule has 6 aliphatic heterocycles. The van der Waals surface area contributed by atoms with Crippen LogP contribution < -0.4 is 9.97 Å². The molecule has 0 atom stereocenters. The van der Waals surface area contributed by atoms with E-state index in [0.29, 0.717) is 24.3 Å². The van der Waals surface area contributed by atoms with Gasteiger partial charge in [0.2, 0.25) is 0 Å². The Labute approximate surface area is 463 Å². The van der Waals surface area contributed by atoms with E-state index in [4.69, 9.17) is 25.3 Å². The third-order valence-electron chi connectivity index (χ3n) is 10.8. The average molecular weight is 2040 g/mol. The van der Waals surface area contributed by atoms with Crippen molar-refractivity contribution in [3.8, 4) is 0 Å². The molecule has 8 bridgehead atoms. The van der Waals surface area contributed by atoms with Crippen LogP contribution in [0.1, 0.15) is 101 Å². The van der Waals surface area contributed by atoms with Crippen LogP contribution in [0.25, 0.3) is 85.5 Å². The minimum atomic E-state index is -0.143. The van der Waals surface area contributed by atoms with Gasteiger partial charge in [-0.05, 0) is 58.8 Å². The predicted octanol–water partition coefficient (Wildman–Crippen LogP) is 13.9. The second-order valence-electron chi connectivity index (χ2n) is 13.9. The molecule has 59 heavy (non-hydrogen) atoms. The van der Waals surface area contributed by atoms with Gasteiger partial charge in [-0.1, -0.05) is 80.5 Å². The van der Waals surface area contributed by atoms with E-state index < -0.39 is 0 Å². The Bertz CT molecular complexity index is 1960. The van der Waals surface area contributed by atoms with E-state index in [2.05, 4.69) is 147 Å². The SMILES string of the molecule is C1=CC(c2c3nc(c(C4CC[N-]CC4)c4ccc([n-]4)c(C4CC[N-]CC4)c4ccc([n-]4)c(C4CC[N-]CC4)c4nc2C=C4)C=C3)=CC[N-]1.[Hg+].[Hg+].[I][Hg][I].[I][Hg][I].[NH2-].[NH2-].[Zn+2]. The van der Waals surface area contributed by atoms with Crippen LogP contribution in [0, 0.1) is 0 Å². The van der Waals surface area contributed by atoms with Gasteiger partial charge in [0.15, 0.2) is 0 Å². The molecular weight excluding hydrogens is 2000 g/mol. The normalized spacial score (nSPS) is 17.1. The van der Waals surface area contributed by atoms with E-state index in [1.165, 1.54) is 16.7 Å². The van der Waals surface area contributed by atoms with Gasteiger partial charge >= 0.3 is 177 Å². The van der Waals surface area contributed by atoms with Gasteiger partial charge in [-0.2, -0.15) is 6.20 Å². The minimum absolute atomic E-state index is 0. The third-order valence-corrected chi connectivity index (χ3v) is 10.8. The molecule has 0 unspecified atom stereocenters. The van der Waals surface area contributed by atoms with Crippen molar-refractivity contribution in [3.63, 3.8) is 0 Å². The van der Waals surface area contributed by atoms with Crippen LogP contribution in [-0.2, 0) is 107 Å². The molecule has 10 nitrogen and oxygen atoms in total. The summed E-state index contributed by atoms with van der Waals surface area (Å²) in [4.78, 5) is 21.7. The molecule has 0 aromatic carbocycles. The second-order valence-corrected chi connectivity index (χ2v) is 93.4. The summed E-state index contributed by atoms with van der Waals surface area (Å²) in [6.07, 6.45) is 21.0. The fourth-order valence-corrected chi connectivity index (χ4v) is 8.42. The van der Waals surface area contributed by atoms with Gasteiger partial charge in [0.25, 0.3) is 0 Å². The fourth-order valence-electron chi connectivity index (χ4n) is 8.42. The van der Waals surface area contributed by atoms with E-state index in [9.17, 15) is 0 Å². The number of nitrogens with zero attached hydrogens (tertiary/aromatic N) is 8. The molecule has 0 amide bonds. The Morgan fingerprint density at radius 1 is 0.508 bits per heavy atom. The van der Waals surface area contributed by atoms with Crippen molar-refractivity contribution in [2.75, 3.05) is 45.8 Å². The average Bonchev–Trinajstić information content (AvgIpc) is 4.05. The van der Waals surface area contributed by atoms with Gasteiger partial charge < -0.3 is 43.5 Å². The summed E-state index contributed by atoms with van der Waals surface area (Å²) < 4.78 is 0. The van der Waals surface area contributed by atoms with Gasteiger partial charge in [-0.15, -0.1) is 67.9 Å². The zero-order chi connectivity index (χ0) is 37.3. The second kappa shape index (κ2) is 30.4. The first kappa shape index (κ1) is 58.1. The van der Waals surface area contributed by atoms with E-state index in [1.807, 2.05) is 6.20 Å². The number of aromatic nitrogens is 4. The Balaban J connectivity index is 0.00000103. The maximum absolute atomic E-state index is 5.46. The van der Waals surface area contributed by atoms with Gasteiger partial charge in [-0.3, -0.25) is 0 Å². The largest absolute Gasteiger partial charge is 2.00 e. The molecule has 0 saturated carbocycles. The first-order valence-electron chi connectivity index (χ1n) is 18.9. The van der Waals surface area contributed by atoms with Crippen molar-refractivity contribution in [1.82, 2.24) is 19.9 Å². The summed E-state index contributed by atoms with van der Waals surface area (Å²) in [6.45, 7) is 5.95. The molecular formula is C40H44Hg4I4N10Zn-4. The van der Waals surface area contributed by atoms with E-state index >= 15 is 0 Å². The number of hydrogen-bond donors (Lipinski definition) is 0. The number of piperidine rings is 3. The van der Waals surface area contributed by atoms with Crippen LogP contribution in [0.2, 0.25) is 0 Å². The van der Waals surface area contributed by atoms with Crippen LogP contribution in [-0.4, -0.2) is 55.8 Å². The standard InChI is InChI=1S/C40H40N8.4Hg.4HI.2H2N.Zn/c1-2-30-38(26-11-19-42-20-12-26)32-5-6-34(47-32)40(28-15-23-44-24-16-28)36-8-7-35(48-36)39(27-13-21-43-22-14-27)33-4-3-31(46-33)37(29(1)45-30)25-9-17-41-18-10-25;;;;;;;;;;;/h1-10,17,26-28H,11-16,18-24H2;;;;;4*1H;2*1H2;/q-6;2*+1;2*+2;;;;;2*-1;+2/p-4. The van der Waals surface area contributed by atoms with E-state index in [1.54, 1.807) is 0 Å². The molecule has 296 valence electrons. The molecule has 0 aliphatic carbocycles. The van der Waals surface area contributed by atoms with Crippen LogP contribution >= 0.6 is 70.7 Å². The van der Waals surface area contributed by atoms with Gasteiger partial charge in [0.1, 0.15) is 0 Å². The van der Waals surface area contributed by atoms with Crippen molar-refractivity contribution >= 4 is 123 Å². The smallest absolute Gasteiger partial charge is 0.693 e. The Morgan fingerprint density at radius 2 is 0.847 bits per heavy atom. The fraction of sp³-hybridized carbons (Fsp3) is 0.400. The van der Waals surface area contributed by atoms with Crippen molar-refractivity contribution in [1.29, 1.82) is 0 Å². The number of rotatable bonds is 4. The monoisotopic (exact) mass is 2040 g/mol. The van der Waals surface area contributed by atoms with Gasteiger partial charge in [0.05, 0.1) is 22.8 Å². The molecule has 19 heteroatoms. The Kier molecular flexibility index (Phi) is 29.9. The topological polar surface area (TPSA) is 177 Å². The predicted molar refractivity (Wildman–Crippen MR) is 264 cm³/mol. The van der Waals surface area contributed by atoms with E-state index in [-0.39, 0.29) is 119 Å². The van der Waals surface area contributed by atoms with Gasteiger partial charge in [-0.25, -0.2) is 9.97 Å². The number of nitrogens with two attached hydrogens (primary N) is 2. The summed E-state index contributed by atoms with van der Waals surface area (Å²) in [5.41, 5.74) is 13.9. The molecule has 3 fully saturated rings. The molecule has 0 spiro atoms. The van der Waals surface area contributed by atoms with Crippen molar-refractivity contribution in [2.45, 2.75) is 56.3 Å². The van der Waals surface area contributed by atoms with Gasteiger partial charge in [0, 0.05) is 5.56 Å². The van der Waals surface area contributed by atoms with Crippen molar-refractivity contribution in [2.24, 2.45) is 0 Å². The summed E-state index contributed by atoms with van der Waals surface area (Å²) in [7, 11) is 0. The van der Waals surface area contributed by atoms with Crippen LogP contribution in [0.15, 0.2) is 42.6 Å². The molecule has 3 aromatic rings. The first-order chi connectivity index (χ1) is 26.6. The van der Waals surface area contributed by atoms with E-state index in [0.717, 1.165) is 134 Å². The molecule has 4 N–H and O–H groups in total. The Morgan fingerprint density at radius 3 is 1.20 bits per heavy atom. The maximum atomic E-state index is 5.46. The molecule has 9 rings (SSSR count). The summed E-state index contributed by atoms with van der Waals surface area (Å²) in [5, 5.41) is 18.5. The number of allylic oxidation sites excluding steroid dienone is 2. The molecule has 3 aromatic heterocycles. The maximum Gasteiger partial charge on any atom is 2.00 e. The first-order valence-corrected chi connectivity index (χ1v) is 80.7. The summed E-state index contributed by atoms with van der Waals surface area (Å²) in [5.74, 6) is 1.08. The minimum Gasteiger partial charge on any atom is -0.693 e. The molecule has 3 saturated heterocycles. The molecule has 2 radical (unpaired) electrons. The summed E-state index contributed by atoms with van der Waals surface area (Å²) >= 11 is 9.70. The van der Waals surface area contributed by atoms with Crippen molar-refractivity contribution in [3.05, 3.63) is 121 Å². The van der Waals surface area contributed by atoms with Crippen LogP contribution in [0.4, 0.5) is 0 Å². The van der Waals surface area contributed by atoms with Crippen LogP contribution in [0.5, 0.6) is 0 Å². The van der Waals surface area contributed by atoms with Crippen LogP contribution in [0.3, 0.4) is 0 Å². The number of fused-ring (bicyclic) bond motifs is 8. The molecule has 6 aliphatic rings. The Hall–Kier alpha value is 2.96. The quantitative estimate of drug-likeness (QED) is 0.129. The number of halogens is 4. The van der Waals surface area contributed by atoms with Crippen molar-refractivity contribution < 1.29 is 107 Å². The zero-order valence-electron chi connectivity index (χ0n) is 33.6. The summed E-state index contributed by atoms with van der Waals surface area (Å²) in [6, 6.07) is 8.92. The molecule has 9 heterocycles. The number of hydrogen-bond acceptors (Lipinski definition) is 2. The third kappa shape index (κ3) is 15.0. The zero-order valence-corrected chi connectivity index (χ0v) is 67.1.